The predicted octanol–water partition coefficient (Wildman–Crippen LogP) is 7.01. The first kappa shape index (κ1) is 18.9. The average molecular weight is 441 g/mol. The van der Waals surface area contributed by atoms with Gasteiger partial charge in [0, 0.05) is 5.56 Å². The van der Waals surface area contributed by atoms with E-state index in [1.54, 1.807) is 16.5 Å². The van der Waals surface area contributed by atoms with Crippen molar-refractivity contribution < 1.29 is 13.2 Å². The van der Waals surface area contributed by atoms with E-state index in [2.05, 4.69) is 11.1 Å². The number of halogens is 6. The molecule has 0 N–H and O–H groups in total. The van der Waals surface area contributed by atoms with Crippen molar-refractivity contribution in [3.05, 3.63) is 68.8 Å². The van der Waals surface area contributed by atoms with Gasteiger partial charge in [0.25, 0.3) is 0 Å². The molecule has 4 aromatic rings. The number of nitriles is 1. The highest BCUT2D eigenvalue weighted by atomic mass is 35.5. The summed E-state index contributed by atoms with van der Waals surface area (Å²) >= 11 is 18.5. The van der Waals surface area contributed by atoms with Crippen LogP contribution in [0, 0.1) is 11.3 Å². The minimum absolute atomic E-state index is 0.174. The van der Waals surface area contributed by atoms with Crippen molar-refractivity contribution in [1.29, 1.82) is 5.26 Å². The number of alkyl halides is 3. The Morgan fingerprint density at radius 1 is 0.964 bits per heavy atom. The summed E-state index contributed by atoms with van der Waals surface area (Å²) in [5.41, 5.74) is 1.49. The zero-order valence-corrected chi connectivity index (χ0v) is 15.9. The summed E-state index contributed by atoms with van der Waals surface area (Å²) in [5, 5.41) is 10.5. The summed E-state index contributed by atoms with van der Waals surface area (Å²) in [6.45, 7) is 0. The zero-order chi connectivity index (χ0) is 20.2. The number of benzene rings is 2. The maximum atomic E-state index is 12.8. The number of nitrogens with zero attached hydrogens (tertiary/aromatic N) is 3. The standard InChI is InChI=1S/C19H7Cl3F3N3/c20-13-6-15-16(7-14(13)21)28-17(22)5-11(12(8-26)18(28)27-15)9-1-3-10(4-2-9)19(23,24)25/h1-7H. The minimum atomic E-state index is -4.45. The van der Waals surface area contributed by atoms with Gasteiger partial charge in [0.15, 0.2) is 5.65 Å². The van der Waals surface area contributed by atoms with Crippen LogP contribution in [0.5, 0.6) is 0 Å². The highest BCUT2D eigenvalue weighted by Gasteiger charge is 2.30. The zero-order valence-electron chi connectivity index (χ0n) is 13.7. The van der Waals surface area contributed by atoms with Crippen LogP contribution < -0.4 is 0 Å². The molecule has 0 atom stereocenters. The first-order valence-corrected chi connectivity index (χ1v) is 8.91. The molecule has 2 aromatic carbocycles. The van der Waals surface area contributed by atoms with E-state index in [0.29, 0.717) is 32.2 Å². The van der Waals surface area contributed by atoms with Gasteiger partial charge in [-0.1, -0.05) is 46.9 Å². The van der Waals surface area contributed by atoms with Gasteiger partial charge < -0.3 is 0 Å². The molecule has 0 fully saturated rings. The van der Waals surface area contributed by atoms with E-state index in [-0.39, 0.29) is 16.4 Å². The Morgan fingerprint density at radius 3 is 2.21 bits per heavy atom. The lowest BCUT2D eigenvalue weighted by Gasteiger charge is -2.11. The lowest BCUT2D eigenvalue weighted by molar-refractivity contribution is -0.137. The third-order valence-electron chi connectivity index (χ3n) is 4.30. The SMILES string of the molecule is N#Cc1c(-c2ccc(C(F)(F)F)cc2)cc(Cl)n2c1nc1cc(Cl)c(Cl)cc12. The topological polar surface area (TPSA) is 41.1 Å². The predicted molar refractivity (Wildman–Crippen MR) is 103 cm³/mol. The Morgan fingerprint density at radius 2 is 1.61 bits per heavy atom. The molecule has 28 heavy (non-hydrogen) atoms. The Hall–Kier alpha value is -2.46. The molecule has 3 nitrogen and oxygen atoms in total. The van der Waals surface area contributed by atoms with Crippen molar-refractivity contribution in [2.24, 2.45) is 0 Å². The summed E-state index contributed by atoms with van der Waals surface area (Å²) in [4.78, 5) is 4.42. The molecule has 9 heteroatoms. The van der Waals surface area contributed by atoms with Gasteiger partial charge in [0.1, 0.15) is 16.8 Å². The number of rotatable bonds is 1. The molecule has 0 saturated heterocycles. The van der Waals surface area contributed by atoms with Crippen LogP contribution in [0.15, 0.2) is 42.5 Å². The fourth-order valence-electron chi connectivity index (χ4n) is 3.01. The van der Waals surface area contributed by atoms with Crippen LogP contribution in [0.3, 0.4) is 0 Å². The number of aromatic nitrogens is 2. The van der Waals surface area contributed by atoms with Crippen LogP contribution in [-0.4, -0.2) is 9.38 Å². The average Bonchev–Trinajstić information content (AvgIpc) is 3.00. The first-order valence-electron chi connectivity index (χ1n) is 7.78. The van der Waals surface area contributed by atoms with Crippen molar-refractivity contribution in [3.8, 4) is 17.2 Å². The van der Waals surface area contributed by atoms with Gasteiger partial charge in [-0.3, -0.25) is 4.40 Å². The van der Waals surface area contributed by atoms with Gasteiger partial charge in [-0.25, -0.2) is 4.98 Å². The molecule has 0 bridgehead atoms. The van der Waals surface area contributed by atoms with Gasteiger partial charge in [-0.15, -0.1) is 0 Å². The molecule has 0 spiro atoms. The first-order chi connectivity index (χ1) is 13.2. The molecule has 0 amide bonds. The summed E-state index contributed by atoms with van der Waals surface area (Å²) in [5.74, 6) is 0. The molecule has 0 aliphatic carbocycles. The Bertz CT molecular complexity index is 1290. The van der Waals surface area contributed by atoms with E-state index in [9.17, 15) is 18.4 Å². The second-order valence-electron chi connectivity index (χ2n) is 5.97. The van der Waals surface area contributed by atoms with Crippen molar-refractivity contribution >= 4 is 51.5 Å². The molecule has 0 saturated carbocycles. The van der Waals surface area contributed by atoms with E-state index in [1.807, 2.05) is 0 Å². The van der Waals surface area contributed by atoms with E-state index in [0.717, 1.165) is 12.1 Å². The third-order valence-corrected chi connectivity index (χ3v) is 5.30. The Kier molecular flexibility index (Phi) is 4.42. The molecule has 2 heterocycles. The fraction of sp³-hybridized carbons (Fsp3) is 0.0526. The highest BCUT2D eigenvalue weighted by Crippen LogP contribution is 2.36. The van der Waals surface area contributed by atoms with Crippen molar-refractivity contribution in [2.45, 2.75) is 6.18 Å². The van der Waals surface area contributed by atoms with Crippen LogP contribution in [-0.2, 0) is 6.18 Å². The van der Waals surface area contributed by atoms with Crippen molar-refractivity contribution in [2.75, 3.05) is 0 Å². The number of hydrogen-bond donors (Lipinski definition) is 0. The van der Waals surface area contributed by atoms with Crippen LogP contribution in [0.1, 0.15) is 11.1 Å². The molecule has 0 aliphatic rings. The molecule has 2 aromatic heterocycles. The Labute approximate surface area is 171 Å². The quantitative estimate of drug-likeness (QED) is 0.299. The number of hydrogen-bond acceptors (Lipinski definition) is 2. The minimum Gasteiger partial charge on any atom is -0.281 e. The lowest BCUT2D eigenvalue weighted by Crippen LogP contribution is -2.04. The van der Waals surface area contributed by atoms with Gasteiger partial charge >= 0.3 is 6.18 Å². The van der Waals surface area contributed by atoms with Crippen LogP contribution >= 0.6 is 34.8 Å². The molecular formula is C19H7Cl3F3N3. The molecule has 4 rings (SSSR count). The van der Waals surface area contributed by atoms with Gasteiger partial charge in [0.05, 0.1) is 26.6 Å². The molecule has 0 aliphatic heterocycles. The van der Waals surface area contributed by atoms with Gasteiger partial charge in [-0.2, -0.15) is 18.4 Å². The van der Waals surface area contributed by atoms with Crippen LogP contribution in [0.2, 0.25) is 15.2 Å². The van der Waals surface area contributed by atoms with Crippen LogP contribution in [0.25, 0.3) is 27.8 Å². The molecule has 0 unspecified atom stereocenters. The number of fused-ring (bicyclic) bond motifs is 3. The maximum absolute atomic E-state index is 12.8. The van der Waals surface area contributed by atoms with E-state index >= 15 is 0 Å². The highest BCUT2D eigenvalue weighted by molar-refractivity contribution is 6.42. The van der Waals surface area contributed by atoms with Crippen molar-refractivity contribution in [1.82, 2.24) is 9.38 Å². The van der Waals surface area contributed by atoms with Crippen molar-refractivity contribution in [3.63, 3.8) is 0 Å². The second-order valence-corrected chi connectivity index (χ2v) is 7.17. The summed E-state index contributed by atoms with van der Waals surface area (Å²) in [7, 11) is 0. The fourth-order valence-corrected chi connectivity index (χ4v) is 3.61. The lowest BCUT2D eigenvalue weighted by atomic mass is 10.0. The normalized spacial score (nSPS) is 11.9. The number of imidazole rings is 1. The maximum Gasteiger partial charge on any atom is 0.416 e. The van der Waals surface area contributed by atoms with Gasteiger partial charge in [0.2, 0.25) is 0 Å². The van der Waals surface area contributed by atoms with E-state index in [4.69, 9.17) is 34.8 Å². The summed E-state index contributed by atoms with van der Waals surface area (Å²) in [6, 6.07) is 11.2. The van der Waals surface area contributed by atoms with E-state index in [1.165, 1.54) is 18.2 Å². The second kappa shape index (κ2) is 6.56. The summed E-state index contributed by atoms with van der Waals surface area (Å²) < 4.78 is 40.0. The number of pyridine rings is 1. The molecule has 0 radical (unpaired) electrons. The Balaban J connectivity index is 2.01. The van der Waals surface area contributed by atoms with E-state index < -0.39 is 11.7 Å². The molecule has 140 valence electrons. The summed E-state index contributed by atoms with van der Waals surface area (Å²) in [6.07, 6.45) is -4.45. The third kappa shape index (κ3) is 2.96. The van der Waals surface area contributed by atoms with Crippen LogP contribution in [0.4, 0.5) is 13.2 Å². The smallest absolute Gasteiger partial charge is 0.281 e. The van der Waals surface area contributed by atoms with Gasteiger partial charge in [-0.05, 0) is 35.9 Å². The monoisotopic (exact) mass is 439 g/mol. The molecular weight excluding hydrogens is 434 g/mol. The largest absolute Gasteiger partial charge is 0.416 e.